The predicted molar refractivity (Wildman–Crippen MR) is 98.4 cm³/mol. The van der Waals surface area contributed by atoms with Crippen molar-refractivity contribution in [3.63, 3.8) is 0 Å². The summed E-state index contributed by atoms with van der Waals surface area (Å²) in [5, 5.41) is 3.32. The van der Waals surface area contributed by atoms with Crippen LogP contribution in [-0.4, -0.2) is 24.6 Å². The molecule has 7 heteroatoms. The van der Waals surface area contributed by atoms with Crippen molar-refractivity contribution in [3.05, 3.63) is 51.3 Å². The van der Waals surface area contributed by atoms with Crippen LogP contribution in [0.25, 0.3) is 0 Å². The highest BCUT2D eigenvalue weighted by Crippen LogP contribution is 2.42. The molecule has 2 aromatic rings. The third-order valence-corrected chi connectivity index (χ3v) is 7.41. The van der Waals surface area contributed by atoms with Gasteiger partial charge in [-0.05, 0) is 49.9 Å². The molecule has 5 nitrogen and oxygen atoms in total. The molecule has 0 radical (unpaired) electrons. The van der Waals surface area contributed by atoms with Crippen LogP contribution in [0.3, 0.4) is 0 Å². The molecule has 3 rings (SSSR count). The zero-order valence-electron chi connectivity index (χ0n) is 14.2. The molecule has 1 saturated carbocycles. The first-order valence-electron chi connectivity index (χ1n) is 8.32. The minimum Gasteiger partial charge on any atom is -0.360 e. The maximum atomic E-state index is 13.0. The van der Waals surface area contributed by atoms with Crippen molar-refractivity contribution < 1.29 is 17.7 Å². The number of nitrogens with zero attached hydrogens (tertiary/aromatic N) is 1. The summed E-state index contributed by atoms with van der Waals surface area (Å²) < 4.78 is 31.1. The van der Waals surface area contributed by atoms with Crippen LogP contribution in [0, 0.1) is 0 Å². The first-order chi connectivity index (χ1) is 11.8. The molecule has 1 atom stereocenters. The summed E-state index contributed by atoms with van der Waals surface area (Å²) in [7, 11) is -3.33. The summed E-state index contributed by atoms with van der Waals surface area (Å²) in [6.07, 6.45) is 3.96. The van der Waals surface area contributed by atoms with Gasteiger partial charge in [0.05, 0.1) is 22.8 Å². The maximum absolute atomic E-state index is 13.0. The number of hydrogen-bond acceptors (Lipinski definition) is 5. The van der Waals surface area contributed by atoms with E-state index in [1.165, 1.54) is 6.20 Å². The molecular weight excluding hydrogens is 406 g/mol. The lowest BCUT2D eigenvalue weighted by atomic mass is 9.99. The summed E-state index contributed by atoms with van der Waals surface area (Å²) in [6.45, 7) is 3.54. The molecule has 1 aromatic heterocycles. The quantitative estimate of drug-likeness (QED) is 0.619. The molecule has 0 aliphatic heterocycles. The van der Waals surface area contributed by atoms with Crippen molar-refractivity contribution in [2.45, 2.75) is 50.0 Å². The standard InChI is InChI=1S/C18H20BrNO4S/c1-3-11(2)25(22,23)10-13-8-14(19)6-7-15(13)17(21)16-9-20-24-18(16)12-4-5-12/h6-9,11-12H,3-5,10H2,1-2H3. The van der Waals surface area contributed by atoms with E-state index in [1.807, 2.05) is 6.92 Å². The van der Waals surface area contributed by atoms with Gasteiger partial charge in [-0.25, -0.2) is 8.42 Å². The fourth-order valence-electron chi connectivity index (χ4n) is 2.72. The van der Waals surface area contributed by atoms with Crippen molar-refractivity contribution in [1.82, 2.24) is 5.16 Å². The van der Waals surface area contributed by atoms with Gasteiger partial charge in [0.1, 0.15) is 0 Å². The Morgan fingerprint density at radius 3 is 2.72 bits per heavy atom. The lowest BCUT2D eigenvalue weighted by Crippen LogP contribution is -2.20. The number of sulfone groups is 1. The Hall–Kier alpha value is -1.47. The SMILES string of the molecule is CCC(C)S(=O)(=O)Cc1cc(Br)ccc1C(=O)c1cnoc1C1CC1. The molecule has 134 valence electrons. The van der Waals surface area contributed by atoms with Crippen molar-refractivity contribution in [2.24, 2.45) is 0 Å². The molecule has 1 unspecified atom stereocenters. The number of carbonyl (C=O) groups excluding carboxylic acids is 1. The molecular formula is C18H20BrNO4S. The summed E-state index contributed by atoms with van der Waals surface area (Å²) in [5.74, 6) is 0.477. The summed E-state index contributed by atoms with van der Waals surface area (Å²) in [5.41, 5.74) is 1.33. The van der Waals surface area contributed by atoms with E-state index in [0.29, 0.717) is 28.9 Å². The summed E-state index contributed by atoms with van der Waals surface area (Å²) >= 11 is 3.37. The van der Waals surface area contributed by atoms with E-state index in [9.17, 15) is 13.2 Å². The lowest BCUT2D eigenvalue weighted by Gasteiger charge is -2.13. The molecule has 1 fully saturated rings. The number of carbonyl (C=O) groups is 1. The monoisotopic (exact) mass is 425 g/mol. The molecule has 1 aromatic carbocycles. The molecule has 1 aliphatic rings. The average molecular weight is 426 g/mol. The van der Waals surface area contributed by atoms with Crippen LogP contribution in [0.4, 0.5) is 0 Å². The number of hydrogen-bond donors (Lipinski definition) is 0. The number of rotatable bonds is 7. The zero-order chi connectivity index (χ0) is 18.2. The smallest absolute Gasteiger partial charge is 0.198 e. The molecule has 0 amide bonds. The highest BCUT2D eigenvalue weighted by atomic mass is 79.9. The maximum Gasteiger partial charge on any atom is 0.198 e. The van der Waals surface area contributed by atoms with Gasteiger partial charge in [0, 0.05) is 16.0 Å². The molecule has 0 spiro atoms. The van der Waals surface area contributed by atoms with Crippen molar-refractivity contribution in [2.75, 3.05) is 0 Å². The molecule has 0 N–H and O–H groups in total. The molecule has 1 aliphatic carbocycles. The lowest BCUT2D eigenvalue weighted by molar-refractivity contribution is 0.103. The normalized spacial score (nSPS) is 16.0. The topological polar surface area (TPSA) is 77.2 Å². The van der Waals surface area contributed by atoms with Gasteiger partial charge < -0.3 is 4.52 Å². The Kier molecular flexibility index (Phi) is 5.16. The molecule has 0 bridgehead atoms. The van der Waals surface area contributed by atoms with E-state index < -0.39 is 15.1 Å². The van der Waals surface area contributed by atoms with Gasteiger partial charge in [-0.2, -0.15) is 0 Å². The minimum atomic E-state index is -3.33. The molecule has 0 saturated heterocycles. The van der Waals surface area contributed by atoms with Crippen LogP contribution in [0.2, 0.25) is 0 Å². The second kappa shape index (κ2) is 7.03. The van der Waals surface area contributed by atoms with Crippen LogP contribution in [0.1, 0.15) is 66.3 Å². The van der Waals surface area contributed by atoms with Crippen LogP contribution >= 0.6 is 15.9 Å². The highest BCUT2D eigenvalue weighted by Gasteiger charge is 2.33. The first-order valence-corrected chi connectivity index (χ1v) is 10.8. The highest BCUT2D eigenvalue weighted by molar-refractivity contribution is 9.10. The summed E-state index contributed by atoms with van der Waals surface area (Å²) in [6, 6.07) is 5.12. The third-order valence-electron chi connectivity index (χ3n) is 4.65. The second-order valence-corrected chi connectivity index (χ2v) is 9.87. The predicted octanol–water partition coefficient (Wildman–Crippen LogP) is 4.26. The Morgan fingerprint density at radius 1 is 1.36 bits per heavy atom. The van der Waals surface area contributed by atoms with Gasteiger partial charge in [0.2, 0.25) is 0 Å². The fourth-order valence-corrected chi connectivity index (χ4v) is 4.59. The van der Waals surface area contributed by atoms with Crippen LogP contribution in [0.15, 0.2) is 33.4 Å². The zero-order valence-corrected chi connectivity index (χ0v) is 16.6. The Balaban J connectivity index is 1.99. The Bertz CT molecular complexity index is 900. The van der Waals surface area contributed by atoms with E-state index in [-0.39, 0.29) is 17.5 Å². The minimum absolute atomic E-state index is 0.160. The molecule has 1 heterocycles. The van der Waals surface area contributed by atoms with Gasteiger partial charge >= 0.3 is 0 Å². The van der Waals surface area contributed by atoms with E-state index in [2.05, 4.69) is 21.1 Å². The van der Waals surface area contributed by atoms with E-state index in [4.69, 9.17) is 4.52 Å². The fraction of sp³-hybridized carbons (Fsp3) is 0.444. The van der Waals surface area contributed by atoms with E-state index in [0.717, 1.165) is 17.3 Å². The number of halogens is 1. The van der Waals surface area contributed by atoms with Gasteiger partial charge in [-0.1, -0.05) is 28.0 Å². The van der Waals surface area contributed by atoms with Gasteiger partial charge in [0.15, 0.2) is 21.4 Å². The van der Waals surface area contributed by atoms with Crippen LogP contribution < -0.4 is 0 Å². The Labute approximate surface area is 155 Å². The number of aromatic nitrogens is 1. The average Bonchev–Trinajstić information content (AvgIpc) is 3.30. The van der Waals surface area contributed by atoms with E-state index >= 15 is 0 Å². The van der Waals surface area contributed by atoms with Crippen LogP contribution in [0.5, 0.6) is 0 Å². The molecule has 25 heavy (non-hydrogen) atoms. The Morgan fingerprint density at radius 2 is 2.08 bits per heavy atom. The van der Waals surface area contributed by atoms with Gasteiger partial charge in [-0.3, -0.25) is 4.79 Å². The summed E-state index contributed by atoms with van der Waals surface area (Å²) in [4.78, 5) is 13.0. The van der Waals surface area contributed by atoms with E-state index in [1.54, 1.807) is 25.1 Å². The van der Waals surface area contributed by atoms with Crippen molar-refractivity contribution in [3.8, 4) is 0 Å². The van der Waals surface area contributed by atoms with Gasteiger partial charge in [-0.15, -0.1) is 0 Å². The largest absolute Gasteiger partial charge is 0.360 e. The first kappa shape index (κ1) is 18.3. The van der Waals surface area contributed by atoms with Crippen LogP contribution in [-0.2, 0) is 15.6 Å². The van der Waals surface area contributed by atoms with Crippen molar-refractivity contribution >= 4 is 31.6 Å². The van der Waals surface area contributed by atoms with Crippen molar-refractivity contribution in [1.29, 1.82) is 0 Å². The van der Waals surface area contributed by atoms with Gasteiger partial charge in [0.25, 0.3) is 0 Å². The number of benzene rings is 1. The third kappa shape index (κ3) is 3.87. The second-order valence-electron chi connectivity index (χ2n) is 6.53. The number of ketones is 1.